The average molecular weight is 393 g/mol. The van der Waals surface area contributed by atoms with E-state index in [4.69, 9.17) is 9.97 Å². The molecule has 4 rings (SSSR count). The van der Waals surface area contributed by atoms with E-state index in [1.807, 2.05) is 54.0 Å². The molecular formula is C23H28N4O2. The molecule has 0 spiro atoms. The number of nitrogens with zero attached hydrogens (tertiary/aromatic N) is 4. The highest BCUT2D eigenvalue weighted by molar-refractivity contribution is 5.94. The lowest BCUT2D eigenvalue weighted by molar-refractivity contribution is -0.129. The Hall–Kier alpha value is -2.76. The molecule has 0 unspecified atom stereocenters. The van der Waals surface area contributed by atoms with Crippen molar-refractivity contribution in [3.63, 3.8) is 0 Å². The van der Waals surface area contributed by atoms with E-state index in [1.165, 1.54) is 0 Å². The molecule has 2 aliphatic heterocycles. The molecule has 2 aliphatic rings. The summed E-state index contributed by atoms with van der Waals surface area (Å²) in [7, 11) is 0. The van der Waals surface area contributed by atoms with E-state index in [0.29, 0.717) is 13.0 Å². The number of likely N-dealkylation sites (tertiary alicyclic amines) is 2. The lowest BCUT2D eigenvalue weighted by Gasteiger charge is -2.19. The molecule has 0 radical (unpaired) electrons. The number of amides is 2. The minimum Gasteiger partial charge on any atom is -0.342 e. The van der Waals surface area contributed by atoms with Gasteiger partial charge in [0.15, 0.2) is 0 Å². The first-order chi connectivity index (χ1) is 14.0. The molecule has 2 aromatic rings. The molecule has 6 nitrogen and oxygen atoms in total. The SMILES string of the molecule is Cc1nc([C@@H]2CCN(C(=O)c3ccccc3)C2)nc(C)c1CC(=O)N1CCCC1. The Labute approximate surface area is 172 Å². The highest BCUT2D eigenvalue weighted by Crippen LogP contribution is 2.27. The van der Waals surface area contributed by atoms with Crippen LogP contribution in [-0.2, 0) is 11.2 Å². The molecule has 0 aliphatic carbocycles. The Morgan fingerprint density at radius 2 is 1.62 bits per heavy atom. The van der Waals surface area contributed by atoms with Crippen LogP contribution in [0.2, 0.25) is 0 Å². The fraction of sp³-hybridized carbons (Fsp3) is 0.478. The first kappa shape index (κ1) is 19.6. The van der Waals surface area contributed by atoms with Crippen LogP contribution in [0.4, 0.5) is 0 Å². The van der Waals surface area contributed by atoms with Crippen LogP contribution in [0.25, 0.3) is 0 Å². The van der Waals surface area contributed by atoms with E-state index in [-0.39, 0.29) is 17.7 Å². The molecule has 1 aromatic heterocycles. The normalized spacial score (nSPS) is 19.0. The zero-order valence-corrected chi connectivity index (χ0v) is 17.2. The summed E-state index contributed by atoms with van der Waals surface area (Å²) in [6.45, 7) is 7.01. The van der Waals surface area contributed by atoms with Gasteiger partial charge in [-0.05, 0) is 45.2 Å². The third-order valence-corrected chi connectivity index (χ3v) is 6.09. The molecule has 1 aromatic carbocycles. The molecule has 0 bridgehead atoms. The third-order valence-electron chi connectivity index (χ3n) is 6.09. The maximum absolute atomic E-state index is 12.7. The summed E-state index contributed by atoms with van der Waals surface area (Å²) in [4.78, 5) is 38.6. The van der Waals surface area contributed by atoms with Crippen LogP contribution in [0, 0.1) is 13.8 Å². The van der Waals surface area contributed by atoms with Crippen molar-refractivity contribution in [2.75, 3.05) is 26.2 Å². The van der Waals surface area contributed by atoms with Crippen molar-refractivity contribution in [2.24, 2.45) is 0 Å². The van der Waals surface area contributed by atoms with Gasteiger partial charge in [-0.1, -0.05) is 18.2 Å². The summed E-state index contributed by atoms with van der Waals surface area (Å²) in [5, 5.41) is 0. The molecule has 29 heavy (non-hydrogen) atoms. The summed E-state index contributed by atoms with van der Waals surface area (Å²) >= 11 is 0. The second-order valence-corrected chi connectivity index (χ2v) is 8.10. The monoisotopic (exact) mass is 392 g/mol. The number of aromatic nitrogens is 2. The number of carbonyl (C=O) groups excluding carboxylic acids is 2. The fourth-order valence-electron chi connectivity index (χ4n) is 4.35. The van der Waals surface area contributed by atoms with Crippen LogP contribution >= 0.6 is 0 Å². The van der Waals surface area contributed by atoms with E-state index < -0.39 is 0 Å². The average Bonchev–Trinajstić information content (AvgIpc) is 3.43. The number of hydrogen-bond donors (Lipinski definition) is 0. The van der Waals surface area contributed by atoms with Crippen molar-refractivity contribution in [3.8, 4) is 0 Å². The molecule has 0 saturated carbocycles. The van der Waals surface area contributed by atoms with Gasteiger partial charge in [0.1, 0.15) is 5.82 Å². The van der Waals surface area contributed by atoms with Crippen molar-refractivity contribution in [2.45, 2.75) is 45.4 Å². The van der Waals surface area contributed by atoms with Crippen molar-refractivity contribution >= 4 is 11.8 Å². The van der Waals surface area contributed by atoms with E-state index >= 15 is 0 Å². The fourth-order valence-corrected chi connectivity index (χ4v) is 4.35. The van der Waals surface area contributed by atoms with Crippen molar-refractivity contribution in [3.05, 3.63) is 58.7 Å². The Morgan fingerprint density at radius 3 is 2.28 bits per heavy atom. The number of hydrogen-bond acceptors (Lipinski definition) is 4. The maximum atomic E-state index is 12.7. The predicted molar refractivity (Wildman–Crippen MR) is 111 cm³/mol. The minimum atomic E-state index is 0.0642. The Kier molecular flexibility index (Phi) is 5.60. The van der Waals surface area contributed by atoms with Crippen molar-refractivity contribution in [1.29, 1.82) is 0 Å². The second kappa shape index (κ2) is 8.31. The van der Waals surface area contributed by atoms with E-state index in [0.717, 1.165) is 67.2 Å². The molecule has 0 N–H and O–H groups in total. The van der Waals surface area contributed by atoms with Crippen LogP contribution in [0.15, 0.2) is 30.3 Å². The van der Waals surface area contributed by atoms with Crippen LogP contribution in [0.1, 0.15) is 58.3 Å². The van der Waals surface area contributed by atoms with Gasteiger partial charge in [-0.3, -0.25) is 9.59 Å². The number of carbonyl (C=O) groups is 2. The molecule has 6 heteroatoms. The number of benzene rings is 1. The molecule has 3 heterocycles. The van der Waals surface area contributed by atoms with Gasteiger partial charge in [-0.15, -0.1) is 0 Å². The molecule has 152 valence electrons. The maximum Gasteiger partial charge on any atom is 0.253 e. The quantitative estimate of drug-likeness (QED) is 0.802. The molecule has 2 amide bonds. The summed E-state index contributed by atoms with van der Waals surface area (Å²) in [6.07, 6.45) is 3.43. The topological polar surface area (TPSA) is 66.4 Å². The van der Waals surface area contributed by atoms with Gasteiger partial charge in [0.25, 0.3) is 5.91 Å². The Morgan fingerprint density at radius 1 is 0.966 bits per heavy atom. The van der Waals surface area contributed by atoms with Crippen LogP contribution in [0.3, 0.4) is 0 Å². The minimum absolute atomic E-state index is 0.0642. The number of aryl methyl sites for hydroxylation is 2. The summed E-state index contributed by atoms with van der Waals surface area (Å²) in [5.41, 5.74) is 3.43. The van der Waals surface area contributed by atoms with Gasteiger partial charge < -0.3 is 9.80 Å². The summed E-state index contributed by atoms with van der Waals surface area (Å²) in [6, 6.07) is 9.40. The van der Waals surface area contributed by atoms with E-state index in [9.17, 15) is 9.59 Å². The van der Waals surface area contributed by atoms with Gasteiger partial charge in [0.05, 0.1) is 6.42 Å². The summed E-state index contributed by atoms with van der Waals surface area (Å²) in [5.74, 6) is 1.17. The summed E-state index contributed by atoms with van der Waals surface area (Å²) < 4.78 is 0. The lowest BCUT2D eigenvalue weighted by atomic mass is 10.0. The zero-order chi connectivity index (χ0) is 20.4. The van der Waals surface area contributed by atoms with Gasteiger partial charge in [0, 0.05) is 54.6 Å². The van der Waals surface area contributed by atoms with Gasteiger partial charge in [0.2, 0.25) is 5.91 Å². The van der Waals surface area contributed by atoms with Gasteiger partial charge >= 0.3 is 0 Å². The van der Waals surface area contributed by atoms with Crippen LogP contribution in [0.5, 0.6) is 0 Å². The number of rotatable bonds is 4. The predicted octanol–water partition coefficient (Wildman–Crippen LogP) is 2.89. The highest BCUT2D eigenvalue weighted by atomic mass is 16.2. The van der Waals surface area contributed by atoms with Crippen molar-refractivity contribution < 1.29 is 9.59 Å². The second-order valence-electron chi connectivity index (χ2n) is 8.10. The lowest BCUT2D eigenvalue weighted by Crippen LogP contribution is -2.30. The van der Waals surface area contributed by atoms with Crippen molar-refractivity contribution in [1.82, 2.24) is 19.8 Å². The first-order valence-corrected chi connectivity index (χ1v) is 10.5. The highest BCUT2D eigenvalue weighted by Gasteiger charge is 2.30. The van der Waals surface area contributed by atoms with Crippen LogP contribution in [-0.4, -0.2) is 57.8 Å². The molecule has 1 atom stereocenters. The standard InChI is InChI=1S/C23H28N4O2/c1-16-20(14-21(28)26-11-6-7-12-26)17(2)25-22(24-16)19-10-13-27(15-19)23(29)18-8-4-3-5-9-18/h3-5,8-9,19H,6-7,10-15H2,1-2H3/t19-/m1/s1. The largest absolute Gasteiger partial charge is 0.342 e. The van der Waals surface area contributed by atoms with Crippen LogP contribution < -0.4 is 0 Å². The first-order valence-electron chi connectivity index (χ1n) is 10.5. The smallest absolute Gasteiger partial charge is 0.253 e. The van der Waals surface area contributed by atoms with Gasteiger partial charge in [-0.25, -0.2) is 9.97 Å². The third kappa shape index (κ3) is 4.16. The van der Waals surface area contributed by atoms with E-state index in [1.54, 1.807) is 0 Å². The molecular weight excluding hydrogens is 364 g/mol. The molecule has 2 fully saturated rings. The Bertz CT molecular complexity index is 883. The van der Waals surface area contributed by atoms with Gasteiger partial charge in [-0.2, -0.15) is 0 Å². The zero-order valence-electron chi connectivity index (χ0n) is 17.2. The Balaban J connectivity index is 1.45. The van der Waals surface area contributed by atoms with E-state index in [2.05, 4.69) is 0 Å². The molecule has 2 saturated heterocycles.